The summed E-state index contributed by atoms with van der Waals surface area (Å²) >= 11 is 6.04. The summed E-state index contributed by atoms with van der Waals surface area (Å²) in [4.78, 5) is 28.6. The first-order chi connectivity index (χ1) is 18.6. The zero-order valence-electron chi connectivity index (χ0n) is 22.2. The van der Waals surface area contributed by atoms with Crippen molar-refractivity contribution < 1.29 is 22.4 Å². The molecule has 39 heavy (non-hydrogen) atoms. The summed E-state index contributed by atoms with van der Waals surface area (Å²) in [6, 6.07) is 18.5. The molecule has 0 saturated carbocycles. The maximum Gasteiger partial charge on any atom is 0.264 e. The molecule has 0 fully saturated rings. The molecule has 0 aliphatic carbocycles. The van der Waals surface area contributed by atoms with E-state index in [1.165, 1.54) is 29.2 Å². The molecule has 3 aromatic rings. The molecule has 208 valence electrons. The molecular formula is C29H33ClFN3O4S. The Morgan fingerprint density at radius 3 is 2.10 bits per heavy atom. The predicted molar refractivity (Wildman–Crippen MR) is 151 cm³/mol. The second-order valence-electron chi connectivity index (χ2n) is 9.19. The van der Waals surface area contributed by atoms with E-state index in [1.807, 2.05) is 13.8 Å². The van der Waals surface area contributed by atoms with Gasteiger partial charge in [-0.3, -0.25) is 13.9 Å². The monoisotopic (exact) mass is 573 g/mol. The number of carbonyl (C=O) groups is 2. The van der Waals surface area contributed by atoms with Crippen LogP contribution in [0.5, 0.6) is 0 Å². The first kappa shape index (κ1) is 30.1. The number of hydrogen-bond donors (Lipinski definition) is 1. The van der Waals surface area contributed by atoms with Crippen LogP contribution in [0.15, 0.2) is 83.8 Å². The van der Waals surface area contributed by atoms with Crippen LogP contribution in [0.4, 0.5) is 10.1 Å². The summed E-state index contributed by atoms with van der Waals surface area (Å²) in [6.45, 7) is 5.08. The molecule has 0 heterocycles. The van der Waals surface area contributed by atoms with E-state index < -0.39 is 34.3 Å². The normalized spacial score (nSPS) is 12.8. The van der Waals surface area contributed by atoms with Gasteiger partial charge in [-0.05, 0) is 73.9 Å². The molecule has 3 rings (SSSR count). The van der Waals surface area contributed by atoms with Gasteiger partial charge in [-0.15, -0.1) is 0 Å². The van der Waals surface area contributed by atoms with Crippen molar-refractivity contribution in [2.45, 2.75) is 57.1 Å². The third kappa shape index (κ3) is 7.80. The second kappa shape index (κ2) is 13.6. The Morgan fingerprint density at radius 2 is 1.54 bits per heavy atom. The van der Waals surface area contributed by atoms with Gasteiger partial charge in [0, 0.05) is 17.6 Å². The summed E-state index contributed by atoms with van der Waals surface area (Å²) in [5.41, 5.74) is 0.846. The van der Waals surface area contributed by atoms with Gasteiger partial charge >= 0.3 is 0 Å². The molecule has 0 aliphatic heterocycles. The van der Waals surface area contributed by atoms with E-state index >= 15 is 0 Å². The quantitative estimate of drug-likeness (QED) is 0.314. The number of halogens is 2. The van der Waals surface area contributed by atoms with Gasteiger partial charge < -0.3 is 10.2 Å². The van der Waals surface area contributed by atoms with E-state index in [0.717, 1.165) is 22.0 Å². The molecule has 2 atom stereocenters. The van der Waals surface area contributed by atoms with Crippen LogP contribution in [0, 0.1) is 5.82 Å². The molecule has 0 bridgehead atoms. The van der Waals surface area contributed by atoms with Crippen LogP contribution in [0.25, 0.3) is 0 Å². The van der Waals surface area contributed by atoms with Gasteiger partial charge in [-0.1, -0.05) is 55.8 Å². The van der Waals surface area contributed by atoms with Gasteiger partial charge in [0.25, 0.3) is 10.0 Å². The third-order valence-corrected chi connectivity index (χ3v) is 8.42. The fraction of sp³-hybridized carbons (Fsp3) is 0.310. The third-order valence-electron chi connectivity index (χ3n) is 6.38. The highest BCUT2D eigenvalue weighted by Crippen LogP contribution is 2.25. The Labute approximate surface area is 234 Å². The lowest BCUT2D eigenvalue weighted by molar-refractivity contribution is -0.140. The van der Waals surface area contributed by atoms with Crippen molar-refractivity contribution in [1.29, 1.82) is 0 Å². The lowest BCUT2D eigenvalue weighted by Crippen LogP contribution is -2.53. The zero-order chi connectivity index (χ0) is 28.6. The van der Waals surface area contributed by atoms with Crippen LogP contribution in [-0.4, -0.2) is 43.8 Å². The van der Waals surface area contributed by atoms with E-state index in [4.69, 9.17) is 11.6 Å². The van der Waals surface area contributed by atoms with Crippen LogP contribution in [0.3, 0.4) is 0 Å². The molecule has 1 N–H and O–H groups in total. The summed E-state index contributed by atoms with van der Waals surface area (Å²) in [6.07, 6.45) is 1.02. The minimum Gasteiger partial charge on any atom is -0.352 e. The molecule has 3 aromatic carbocycles. The molecule has 7 nitrogen and oxygen atoms in total. The molecule has 0 unspecified atom stereocenters. The fourth-order valence-electron chi connectivity index (χ4n) is 4.00. The molecule has 0 radical (unpaired) electrons. The van der Waals surface area contributed by atoms with Crippen molar-refractivity contribution >= 4 is 39.1 Å². The highest BCUT2D eigenvalue weighted by molar-refractivity contribution is 7.92. The molecule has 0 aromatic heterocycles. The molecule has 0 saturated heterocycles. The Balaban J connectivity index is 2.03. The van der Waals surface area contributed by atoms with Crippen molar-refractivity contribution in [2.75, 3.05) is 10.8 Å². The summed E-state index contributed by atoms with van der Waals surface area (Å²) in [5.74, 6) is -1.45. The Morgan fingerprint density at radius 1 is 0.923 bits per heavy atom. The second-order valence-corrected chi connectivity index (χ2v) is 11.5. The van der Waals surface area contributed by atoms with Crippen LogP contribution < -0.4 is 9.62 Å². The number of nitrogens with zero attached hydrogens (tertiary/aromatic N) is 2. The lowest BCUT2D eigenvalue weighted by Gasteiger charge is -2.33. The van der Waals surface area contributed by atoms with E-state index in [9.17, 15) is 22.4 Å². The Bertz CT molecular complexity index is 1350. The maximum atomic E-state index is 13.9. The van der Waals surface area contributed by atoms with Crippen molar-refractivity contribution in [1.82, 2.24) is 10.2 Å². The van der Waals surface area contributed by atoms with Gasteiger partial charge in [0.2, 0.25) is 11.8 Å². The number of nitrogens with one attached hydrogen (secondary N) is 1. The largest absolute Gasteiger partial charge is 0.352 e. The number of hydrogen-bond acceptors (Lipinski definition) is 4. The van der Waals surface area contributed by atoms with Crippen molar-refractivity contribution in [3.8, 4) is 0 Å². The van der Waals surface area contributed by atoms with E-state index in [1.54, 1.807) is 49.4 Å². The van der Waals surface area contributed by atoms with E-state index in [-0.39, 0.29) is 29.1 Å². The van der Waals surface area contributed by atoms with Crippen LogP contribution in [-0.2, 0) is 26.2 Å². The highest BCUT2D eigenvalue weighted by Gasteiger charge is 2.34. The molecule has 2 amide bonds. The smallest absolute Gasteiger partial charge is 0.264 e. The van der Waals surface area contributed by atoms with Crippen LogP contribution in [0.2, 0.25) is 5.02 Å². The average molecular weight is 574 g/mol. The predicted octanol–water partition coefficient (Wildman–Crippen LogP) is 5.40. The number of carbonyl (C=O) groups excluding carboxylic acids is 2. The number of benzene rings is 3. The number of amides is 2. The van der Waals surface area contributed by atoms with Gasteiger partial charge in [0.05, 0.1) is 10.6 Å². The summed E-state index contributed by atoms with van der Waals surface area (Å²) in [7, 11) is -4.20. The first-order valence-corrected chi connectivity index (χ1v) is 14.6. The molecular weight excluding hydrogens is 541 g/mol. The maximum absolute atomic E-state index is 13.9. The lowest BCUT2D eigenvalue weighted by atomic mass is 10.1. The minimum absolute atomic E-state index is 0.0204. The number of sulfonamides is 1. The molecule has 10 heteroatoms. The Hall–Kier alpha value is -3.43. The standard InChI is InChI=1S/C29H33ClFN3O4S/c1-4-21(3)32-29(36)27(5-2)33(19-22-11-13-23(30)14-12-22)28(35)20-34(25-17-15-24(31)16-18-25)39(37,38)26-9-7-6-8-10-26/h6-18,21,27H,4-5,19-20H2,1-3H3,(H,32,36)/t21-,27+/m1/s1. The van der Waals surface area contributed by atoms with E-state index in [2.05, 4.69) is 5.32 Å². The van der Waals surface area contributed by atoms with Crippen molar-refractivity contribution in [3.05, 3.63) is 95.3 Å². The van der Waals surface area contributed by atoms with Gasteiger partial charge in [-0.2, -0.15) is 0 Å². The minimum atomic E-state index is -4.20. The van der Waals surface area contributed by atoms with Crippen molar-refractivity contribution in [2.24, 2.45) is 0 Å². The number of rotatable bonds is 12. The topological polar surface area (TPSA) is 86.8 Å². The SMILES string of the molecule is CC[C@@H](C)NC(=O)[C@H](CC)N(Cc1ccc(Cl)cc1)C(=O)CN(c1ccc(F)cc1)S(=O)(=O)c1ccccc1. The molecule has 0 spiro atoms. The van der Waals surface area contributed by atoms with Gasteiger partial charge in [0.15, 0.2) is 0 Å². The van der Waals surface area contributed by atoms with Crippen LogP contribution >= 0.6 is 11.6 Å². The zero-order valence-corrected chi connectivity index (χ0v) is 23.8. The highest BCUT2D eigenvalue weighted by atomic mass is 35.5. The van der Waals surface area contributed by atoms with Gasteiger partial charge in [0.1, 0.15) is 18.4 Å². The first-order valence-electron chi connectivity index (χ1n) is 12.7. The molecule has 0 aliphatic rings. The van der Waals surface area contributed by atoms with E-state index in [0.29, 0.717) is 17.9 Å². The van der Waals surface area contributed by atoms with Crippen LogP contribution in [0.1, 0.15) is 39.2 Å². The van der Waals surface area contributed by atoms with Crippen molar-refractivity contribution in [3.63, 3.8) is 0 Å². The summed E-state index contributed by atoms with van der Waals surface area (Å²) in [5, 5.41) is 3.45. The Kier molecular flexibility index (Phi) is 10.5. The number of anilines is 1. The summed E-state index contributed by atoms with van der Waals surface area (Å²) < 4.78 is 42.0. The fourth-order valence-corrected chi connectivity index (χ4v) is 5.56. The average Bonchev–Trinajstić information content (AvgIpc) is 2.93. The van der Waals surface area contributed by atoms with Gasteiger partial charge in [-0.25, -0.2) is 12.8 Å².